The van der Waals surface area contributed by atoms with Crippen LogP contribution in [0.4, 0.5) is 5.69 Å². The average Bonchev–Trinajstić information content (AvgIpc) is 2.94. The highest BCUT2D eigenvalue weighted by Crippen LogP contribution is 2.27. The summed E-state index contributed by atoms with van der Waals surface area (Å²) in [7, 11) is 0. The molecule has 2 aliphatic heterocycles. The van der Waals surface area contributed by atoms with E-state index in [1.54, 1.807) is 0 Å². The minimum absolute atomic E-state index is 0.142. The van der Waals surface area contributed by atoms with Gasteiger partial charge in [0.05, 0.1) is 5.69 Å². The highest BCUT2D eigenvalue weighted by molar-refractivity contribution is 9.10. The zero-order valence-electron chi connectivity index (χ0n) is 14.1. The molecule has 2 aromatic carbocycles. The molecule has 134 valence electrons. The van der Waals surface area contributed by atoms with Gasteiger partial charge in [0.1, 0.15) is 0 Å². The largest absolute Gasteiger partial charge is 0.320 e. The van der Waals surface area contributed by atoms with Gasteiger partial charge in [0.15, 0.2) is 5.71 Å². The van der Waals surface area contributed by atoms with Crippen LogP contribution in [0.25, 0.3) is 0 Å². The Hall–Kier alpha value is -1.89. The maximum Gasteiger partial charge on any atom is 0.276 e. The number of piperazine rings is 1. The Labute approximate surface area is 165 Å². The van der Waals surface area contributed by atoms with Gasteiger partial charge in [-0.15, -0.1) is 0 Å². The quantitative estimate of drug-likeness (QED) is 0.805. The summed E-state index contributed by atoms with van der Waals surface area (Å²) in [6.45, 7) is 4.17. The molecule has 2 aromatic rings. The predicted molar refractivity (Wildman–Crippen MR) is 108 cm³/mol. The van der Waals surface area contributed by atoms with Crippen molar-refractivity contribution in [3.05, 3.63) is 63.1 Å². The second kappa shape index (κ2) is 7.39. The molecule has 26 heavy (non-hydrogen) atoms. The maximum atomic E-state index is 12.3. The van der Waals surface area contributed by atoms with Gasteiger partial charge in [-0.2, -0.15) is 5.10 Å². The van der Waals surface area contributed by atoms with Crippen LogP contribution in [0.5, 0.6) is 0 Å². The van der Waals surface area contributed by atoms with E-state index in [4.69, 9.17) is 11.6 Å². The van der Waals surface area contributed by atoms with Crippen molar-refractivity contribution in [2.75, 3.05) is 31.5 Å². The summed E-state index contributed by atoms with van der Waals surface area (Å²) in [6, 6.07) is 13.7. The molecule has 5 nitrogen and oxygen atoms in total. The maximum absolute atomic E-state index is 12.3. The summed E-state index contributed by atoms with van der Waals surface area (Å²) < 4.78 is 0.935. The Morgan fingerprint density at radius 2 is 1.88 bits per heavy atom. The fourth-order valence-electron chi connectivity index (χ4n) is 3.23. The van der Waals surface area contributed by atoms with Gasteiger partial charge >= 0.3 is 0 Å². The van der Waals surface area contributed by atoms with Crippen LogP contribution < -0.4 is 5.32 Å². The second-order valence-electron chi connectivity index (χ2n) is 6.41. The number of amides is 1. The van der Waals surface area contributed by atoms with Gasteiger partial charge in [-0.1, -0.05) is 45.7 Å². The van der Waals surface area contributed by atoms with E-state index in [2.05, 4.69) is 37.3 Å². The van der Waals surface area contributed by atoms with Crippen molar-refractivity contribution < 1.29 is 4.79 Å². The summed E-state index contributed by atoms with van der Waals surface area (Å²) in [5.41, 5.74) is 3.29. The van der Waals surface area contributed by atoms with Crippen LogP contribution >= 0.6 is 27.5 Å². The number of carbonyl (C=O) groups excluding carboxylic acids is 1. The molecule has 2 heterocycles. The number of halogens is 2. The SMILES string of the molecule is O=C1Nc2ccc(Br)cc2/C1=N\N1CCN(Cc2ccccc2Cl)CC1. The Bertz CT molecular complexity index is 878. The highest BCUT2D eigenvalue weighted by atomic mass is 79.9. The van der Waals surface area contributed by atoms with Crippen LogP contribution in [0.1, 0.15) is 11.1 Å². The van der Waals surface area contributed by atoms with E-state index in [9.17, 15) is 4.79 Å². The van der Waals surface area contributed by atoms with Crippen molar-refractivity contribution in [2.45, 2.75) is 6.54 Å². The number of hydrogen-bond acceptors (Lipinski definition) is 4. The molecule has 0 radical (unpaired) electrons. The number of fused-ring (bicyclic) bond motifs is 1. The van der Waals surface area contributed by atoms with Gasteiger partial charge in [0.2, 0.25) is 0 Å². The van der Waals surface area contributed by atoms with Crippen LogP contribution in [0, 0.1) is 0 Å². The van der Waals surface area contributed by atoms with E-state index in [-0.39, 0.29) is 5.91 Å². The van der Waals surface area contributed by atoms with E-state index in [1.165, 1.54) is 0 Å². The summed E-state index contributed by atoms with van der Waals surface area (Å²) in [5, 5.41) is 10.3. The molecule has 0 saturated carbocycles. The second-order valence-corrected chi connectivity index (χ2v) is 7.74. The lowest BCUT2D eigenvalue weighted by atomic mass is 10.1. The number of hydrogen-bond donors (Lipinski definition) is 1. The topological polar surface area (TPSA) is 47.9 Å². The Kier molecular flexibility index (Phi) is 4.98. The minimum atomic E-state index is -0.142. The van der Waals surface area contributed by atoms with Crippen molar-refractivity contribution >= 4 is 44.8 Å². The van der Waals surface area contributed by atoms with Gasteiger partial charge in [0, 0.05) is 47.8 Å². The van der Waals surface area contributed by atoms with Crippen molar-refractivity contribution in [3.8, 4) is 0 Å². The van der Waals surface area contributed by atoms with Crippen LogP contribution in [0.3, 0.4) is 0 Å². The summed E-state index contributed by atoms with van der Waals surface area (Å²) in [4.78, 5) is 14.6. The first-order valence-electron chi connectivity index (χ1n) is 8.51. The fraction of sp³-hybridized carbons (Fsp3) is 0.263. The van der Waals surface area contributed by atoms with Crippen molar-refractivity contribution in [1.29, 1.82) is 0 Å². The molecule has 1 fully saturated rings. The molecule has 1 N–H and O–H groups in total. The number of anilines is 1. The van der Waals surface area contributed by atoms with E-state index >= 15 is 0 Å². The zero-order valence-corrected chi connectivity index (χ0v) is 16.4. The monoisotopic (exact) mass is 432 g/mol. The normalized spacial score (nSPS) is 18.9. The number of benzene rings is 2. The number of nitrogens with zero attached hydrogens (tertiary/aromatic N) is 3. The molecule has 0 unspecified atom stereocenters. The summed E-state index contributed by atoms with van der Waals surface area (Å²) in [6.07, 6.45) is 0. The Balaban J connectivity index is 1.43. The lowest BCUT2D eigenvalue weighted by Gasteiger charge is -2.33. The predicted octanol–water partition coefficient (Wildman–Crippen LogP) is 3.58. The Morgan fingerprint density at radius 3 is 2.65 bits per heavy atom. The lowest BCUT2D eigenvalue weighted by Crippen LogP contribution is -2.44. The van der Waals surface area contributed by atoms with Crippen molar-refractivity contribution in [2.24, 2.45) is 5.10 Å². The van der Waals surface area contributed by atoms with E-state index in [1.807, 2.05) is 41.4 Å². The van der Waals surface area contributed by atoms with Crippen LogP contribution in [0.2, 0.25) is 5.02 Å². The lowest BCUT2D eigenvalue weighted by molar-refractivity contribution is -0.110. The molecule has 7 heteroatoms. The molecule has 2 aliphatic rings. The third kappa shape index (κ3) is 3.63. The van der Waals surface area contributed by atoms with E-state index in [0.29, 0.717) is 5.71 Å². The van der Waals surface area contributed by atoms with Crippen LogP contribution in [-0.2, 0) is 11.3 Å². The fourth-order valence-corrected chi connectivity index (χ4v) is 3.79. The van der Waals surface area contributed by atoms with Gasteiger partial charge in [-0.25, -0.2) is 0 Å². The number of nitrogens with one attached hydrogen (secondary N) is 1. The highest BCUT2D eigenvalue weighted by Gasteiger charge is 2.28. The molecule has 0 spiro atoms. The van der Waals surface area contributed by atoms with Crippen LogP contribution in [0.15, 0.2) is 52.0 Å². The van der Waals surface area contributed by atoms with Crippen molar-refractivity contribution in [1.82, 2.24) is 9.91 Å². The van der Waals surface area contributed by atoms with Gasteiger partial charge < -0.3 is 5.32 Å². The van der Waals surface area contributed by atoms with Crippen molar-refractivity contribution in [3.63, 3.8) is 0 Å². The van der Waals surface area contributed by atoms with E-state index < -0.39 is 0 Å². The molecular formula is C19H18BrClN4O. The first-order chi connectivity index (χ1) is 12.6. The molecule has 0 atom stereocenters. The molecule has 4 rings (SSSR count). The summed E-state index contributed by atoms with van der Waals surface area (Å²) in [5.74, 6) is -0.142. The Morgan fingerprint density at radius 1 is 1.12 bits per heavy atom. The molecular weight excluding hydrogens is 416 g/mol. The van der Waals surface area contributed by atoms with Gasteiger partial charge in [-0.05, 0) is 29.8 Å². The standard InChI is InChI=1S/C19H18BrClN4O/c20-14-5-6-17-15(11-14)18(19(26)22-17)23-25-9-7-24(8-10-25)12-13-3-1-2-4-16(13)21/h1-6,11H,7-10,12H2,(H,22,23,26). The third-order valence-corrected chi connectivity index (χ3v) is 5.50. The van der Waals surface area contributed by atoms with E-state index in [0.717, 1.165) is 59.0 Å². The van der Waals surface area contributed by atoms with Gasteiger partial charge in [-0.3, -0.25) is 14.7 Å². The smallest absolute Gasteiger partial charge is 0.276 e. The number of hydrazone groups is 1. The first-order valence-corrected chi connectivity index (χ1v) is 9.68. The third-order valence-electron chi connectivity index (χ3n) is 4.64. The van der Waals surface area contributed by atoms with Crippen LogP contribution in [-0.4, -0.2) is 47.7 Å². The average molecular weight is 434 g/mol. The molecule has 0 aliphatic carbocycles. The zero-order chi connectivity index (χ0) is 18.1. The number of carbonyl (C=O) groups is 1. The van der Waals surface area contributed by atoms with Gasteiger partial charge in [0.25, 0.3) is 5.91 Å². The first kappa shape index (κ1) is 17.5. The number of rotatable bonds is 3. The minimum Gasteiger partial charge on any atom is -0.320 e. The molecule has 1 saturated heterocycles. The molecule has 1 amide bonds. The molecule has 0 aromatic heterocycles. The molecule has 0 bridgehead atoms. The summed E-state index contributed by atoms with van der Waals surface area (Å²) >= 11 is 9.71.